The summed E-state index contributed by atoms with van der Waals surface area (Å²) in [5.41, 5.74) is 1.88. The molecule has 41 nitrogen and oxygen atoms in total. The van der Waals surface area contributed by atoms with Crippen LogP contribution in [0.25, 0.3) is 0 Å². The van der Waals surface area contributed by atoms with Gasteiger partial charge in [-0.15, -0.1) is 0 Å². The Hall–Kier alpha value is -9.88. The maximum absolute atomic E-state index is 14.0. The van der Waals surface area contributed by atoms with E-state index in [0.717, 1.165) is 0 Å². The van der Waals surface area contributed by atoms with Gasteiger partial charge in [-0.05, 0) is 42.2 Å². The van der Waals surface area contributed by atoms with Gasteiger partial charge in [0.25, 0.3) is 0 Å². The molecule has 16 N–H and O–H groups in total. The van der Waals surface area contributed by atoms with E-state index >= 15 is 0 Å². The Bertz CT molecular complexity index is 3240. The lowest BCUT2D eigenvalue weighted by Gasteiger charge is -2.35. The molecule has 113 heavy (non-hydrogen) atoms. The number of hydrogen-bond donors (Lipinski definition) is 16. The molecule has 632 valence electrons. The summed E-state index contributed by atoms with van der Waals surface area (Å²) in [6, 6.07) is 1.16. The summed E-state index contributed by atoms with van der Waals surface area (Å²) >= 11 is 0. The van der Waals surface area contributed by atoms with Crippen molar-refractivity contribution in [2.75, 3.05) is 177 Å². The van der Waals surface area contributed by atoms with E-state index < -0.39 is 145 Å². The predicted octanol–water partition coefficient (Wildman–Crippen LogP) is -4.60. The van der Waals surface area contributed by atoms with E-state index in [9.17, 15) is 113 Å². The number of aromatic nitrogens is 2. The monoisotopic (exact) mass is 1600 g/mol. The van der Waals surface area contributed by atoms with Crippen molar-refractivity contribution in [2.24, 2.45) is 11.8 Å². The zero-order chi connectivity index (χ0) is 83.7. The van der Waals surface area contributed by atoms with Crippen LogP contribution < -0.4 is 37.2 Å². The van der Waals surface area contributed by atoms with Crippen LogP contribution in [-0.2, 0) is 91.4 Å². The van der Waals surface area contributed by atoms with Crippen LogP contribution in [0, 0.1) is 11.8 Å². The van der Waals surface area contributed by atoms with Crippen molar-refractivity contribution in [1.82, 2.24) is 91.3 Å². The first kappa shape index (κ1) is 95.5. The lowest BCUT2D eigenvalue weighted by Crippen LogP contribution is -2.58. The minimum Gasteiger partial charge on any atom is -0.480 e. The van der Waals surface area contributed by atoms with Gasteiger partial charge in [-0.1, -0.05) is 58.4 Å². The van der Waals surface area contributed by atoms with Crippen LogP contribution in [0.15, 0.2) is 36.8 Å². The first-order valence-corrected chi connectivity index (χ1v) is 37.9. The highest BCUT2D eigenvalue weighted by Gasteiger charge is 2.35. The van der Waals surface area contributed by atoms with Gasteiger partial charge in [0.05, 0.1) is 52.1 Å². The van der Waals surface area contributed by atoms with E-state index in [1.807, 2.05) is 20.8 Å². The fourth-order valence-corrected chi connectivity index (χ4v) is 13.0. The Morgan fingerprint density at radius 2 is 0.832 bits per heavy atom. The second-order valence-corrected chi connectivity index (χ2v) is 28.8. The number of H-pyrrole nitrogens is 1. The molecule has 2 fully saturated rings. The van der Waals surface area contributed by atoms with Crippen LogP contribution in [0.2, 0.25) is 0 Å². The molecule has 2 aromatic rings. The predicted molar refractivity (Wildman–Crippen MR) is 404 cm³/mol. The number of carbonyl (C=O) groups is 15. The van der Waals surface area contributed by atoms with E-state index in [1.54, 1.807) is 45.9 Å². The molecule has 1 aromatic carbocycles. The van der Waals surface area contributed by atoms with Gasteiger partial charge in [0.2, 0.25) is 41.4 Å². The molecule has 2 aliphatic heterocycles. The molecule has 0 spiro atoms. The zero-order valence-electron chi connectivity index (χ0n) is 65.1. The van der Waals surface area contributed by atoms with Crippen molar-refractivity contribution in [1.29, 1.82) is 0 Å². The number of imidazole rings is 1. The van der Waals surface area contributed by atoms with Gasteiger partial charge < -0.3 is 83.1 Å². The van der Waals surface area contributed by atoms with Gasteiger partial charge in [0.1, 0.15) is 30.2 Å². The summed E-state index contributed by atoms with van der Waals surface area (Å²) in [5, 5.41) is 98.6. The average molecular weight is 1600 g/mol. The van der Waals surface area contributed by atoms with Gasteiger partial charge in [0.15, 0.2) is 0 Å². The number of carboxylic acids is 8. The third kappa shape index (κ3) is 39.4. The topological polar surface area (TPSA) is 560 Å². The van der Waals surface area contributed by atoms with Gasteiger partial charge in [-0.3, -0.25) is 116 Å². The molecule has 2 saturated heterocycles. The number of carbonyl (C=O) groups excluding carboxylic acids is 7. The molecule has 7 amide bonds. The Balaban J connectivity index is 1.49. The molecule has 4 rings (SSSR count). The first-order valence-electron chi connectivity index (χ1n) is 37.9. The molecule has 3 heterocycles. The van der Waals surface area contributed by atoms with Crippen LogP contribution >= 0.6 is 0 Å². The van der Waals surface area contributed by atoms with Crippen LogP contribution in [0.1, 0.15) is 90.0 Å². The van der Waals surface area contributed by atoms with Crippen molar-refractivity contribution < 1.29 is 113 Å². The molecule has 0 aliphatic carbocycles. The van der Waals surface area contributed by atoms with Crippen molar-refractivity contribution in [3.63, 3.8) is 0 Å². The van der Waals surface area contributed by atoms with Gasteiger partial charge in [0, 0.05) is 182 Å². The first-order chi connectivity index (χ1) is 53.5. The Kier molecular flexibility index (Phi) is 43.1. The van der Waals surface area contributed by atoms with Gasteiger partial charge in [-0.2, -0.15) is 0 Å². The van der Waals surface area contributed by atoms with Gasteiger partial charge >= 0.3 is 47.8 Å². The van der Waals surface area contributed by atoms with Crippen LogP contribution in [0.5, 0.6) is 0 Å². The maximum Gasteiger partial charge on any atom is 0.320 e. The van der Waals surface area contributed by atoms with E-state index in [2.05, 4.69) is 47.2 Å². The van der Waals surface area contributed by atoms with Crippen molar-refractivity contribution in [3.8, 4) is 0 Å². The second kappa shape index (κ2) is 51.0. The van der Waals surface area contributed by atoms with Crippen LogP contribution in [0.3, 0.4) is 0 Å². The van der Waals surface area contributed by atoms with E-state index in [-0.39, 0.29) is 214 Å². The standard InChI is InChI=1S/C72H116N18O23/c1-6-49(4)67(81-69(108)55(79-50(5)91)36-53-39-73-47-78-53)70(109)80-54(35-48(2)3)68(107)77-38-52-9-7-51(8-10-52)37-76-60(94)40-82(17-15-74-58(92)13-11-56(71(110)111)89-31-27-85(43-63(99)100)23-19-83(41-61(95)96)20-24-86(28-32-89)44-64(101)102)18-16-75-59(93)14-12-57(72(112)113)90-33-29-87(45-65(103)104)25-21-84(42-62(97)98)22-26-88(30-34-90)46-66(105)106/h7-10,39,47-49,54-57,67H,6,11-38,40-46H2,1-5H3,(H,73,78)(H,74,92)(H,75,93)(H,76,94)(H,77,107)(H,79,91)(H,80,109)(H,81,108)(H,95,96)(H,97,98)(H,99,100)(H,101,102)(H,103,104)(H,105,106)(H,110,111)(H,112,113)/t49?,54-,55-,56?,57?,67-/m0/s1. The molecule has 41 heteroatoms. The largest absolute Gasteiger partial charge is 0.480 e. The third-order valence-corrected chi connectivity index (χ3v) is 19.3. The van der Waals surface area contributed by atoms with E-state index in [1.165, 1.54) is 48.8 Å². The number of aromatic amines is 1. The highest BCUT2D eigenvalue weighted by Crippen LogP contribution is 2.16. The van der Waals surface area contributed by atoms with Crippen molar-refractivity contribution >= 4 is 89.1 Å². The number of benzene rings is 1. The highest BCUT2D eigenvalue weighted by atomic mass is 16.4. The lowest BCUT2D eigenvalue weighted by atomic mass is 9.96. The highest BCUT2D eigenvalue weighted by molar-refractivity contribution is 5.94. The van der Waals surface area contributed by atoms with Gasteiger partial charge in [-0.25, -0.2) is 4.98 Å². The number of hydrogen-bond acceptors (Lipinski definition) is 25. The van der Waals surface area contributed by atoms with E-state index in [0.29, 0.717) is 23.2 Å². The summed E-state index contributed by atoms with van der Waals surface area (Å²) in [7, 11) is 0. The number of nitrogens with one attached hydrogen (secondary N) is 8. The van der Waals surface area contributed by atoms with Crippen LogP contribution in [-0.4, -0.2) is 391 Å². The molecule has 2 aliphatic rings. The molecule has 1 aromatic heterocycles. The maximum atomic E-state index is 14.0. The number of aliphatic carboxylic acids is 8. The molecule has 6 atom stereocenters. The lowest BCUT2D eigenvalue weighted by molar-refractivity contribution is -0.145. The number of rotatable bonds is 46. The van der Waals surface area contributed by atoms with Crippen molar-refractivity contribution in [3.05, 3.63) is 53.6 Å². The second-order valence-electron chi connectivity index (χ2n) is 28.8. The Morgan fingerprint density at radius 1 is 0.460 bits per heavy atom. The smallest absolute Gasteiger partial charge is 0.320 e. The number of amides is 7. The summed E-state index contributed by atoms with van der Waals surface area (Å²) in [6.07, 6.45) is 2.59. The third-order valence-electron chi connectivity index (χ3n) is 19.3. The quantitative estimate of drug-likeness (QED) is 0.0297. The number of nitrogens with zero attached hydrogens (tertiary/aromatic N) is 10. The fraction of sp³-hybridized carbons (Fsp3) is 0.667. The molecule has 0 bridgehead atoms. The minimum absolute atomic E-state index is 0.0115. The Labute approximate surface area is 655 Å². The molecular weight excluding hydrogens is 1480 g/mol. The normalized spacial score (nSPS) is 17.2. The SMILES string of the molecule is CCC(C)[C@H](NC(=O)[C@H](Cc1cnc[nH]1)NC(C)=O)C(=O)N[C@@H](CC(C)C)C(=O)NCc1ccc(CNC(=O)CN(CCNC(=O)CCC(C(=O)O)N2CCN(CC(=O)O)CCN(CC(=O)O)CCN(CC(=O)O)CC2)CCNC(=O)CCC(C(=O)O)N2CCN(CC(=O)O)CCN(CC(=O)O)CCN(CC(=O)O)CC2)cc1. The van der Waals surface area contributed by atoms with E-state index in [4.69, 9.17) is 0 Å². The molecule has 3 unspecified atom stereocenters. The Morgan fingerprint density at radius 3 is 1.16 bits per heavy atom. The van der Waals surface area contributed by atoms with Crippen molar-refractivity contribution in [2.45, 2.75) is 123 Å². The summed E-state index contributed by atoms with van der Waals surface area (Å²) < 4.78 is 0. The molecular formula is C72H116N18O23. The minimum atomic E-state index is -1.32. The summed E-state index contributed by atoms with van der Waals surface area (Å²) in [5.74, 6) is -13.9. The average Bonchev–Trinajstić information content (AvgIpc) is 1.03. The molecule has 0 radical (unpaired) electrons. The summed E-state index contributed by atoms with van der Waals surface area (Å²) in [4.78, 5) is 213. The molecule has 0 saturated carbocycles. The number of carboxylic acid groups (broad SMARTS) is 8. The van der Waals surface area contributed by atoms with Crippen LogP contribution in [0.4, 0.5) is 0 Å². The fourth-order valence-electron chi connectivity index (χ4n) is 13.0. The summed E-state index contributed by atoms with van der Waals surface area (Å²) in [6.45, 7) is 6.37. The zero-order valence-corrected chi connectivity index (χ0v) is 65.1.